The van der Waals surface area contributed by atoms with Gasteiger partial charge in [-0.3, -0.25) is 38.2 Å². The zero-order valence-corrected chi connectivity index (χ0v) is 60.6. The summed E-state index contributed by atoms with van der Waals surface area (Å²) in [6.07, 6.45) is 1.81. The first-order valence-electron chi connectivity index (χ1n) is 33.8. The van der Waals surface area contributed by atoms with Crippen molar-refractivity contribution in [1.82, 2.24) is 10.6 Å². The van der Waals surface area contributed by atoms with Gasteiger partial charge in [-0.25, -0.2) is 0 Å². The minimum atomic E-state index is -4.34. The van der Waals surface area contributed by atoms with E-state index in [-0.39, 0.29) is 61.5 Å². The lowest BCUT2D eigenvalue weighted by Gasteiger charge is -2.40. The van der Waals surface area contributed by atoms with Crippen molar-refractivity contribution >= 4 is 44.1 Å². The molecule has 0 heterocycles. The van der Waals surface area contributed by atoms with Crippen LogP contribution in [-0.4, -0.2) is 82.8 Å². The van der Waals surface area contributed by atoms with Crippen LogP contribution < -0.4 is 10.6 Å². The number of hydrogen-bond donors (Lipinski definition) is 2. The number of carbonyl (C=O) groups is 4. The Morgan fingerprint density at radius 3 is 0.900 bits per heavy atom. The summed E-state index contributed by atoms with van der Waals surface area (Å²) in [7, 11) is -8.68. The molecule has 8 aromatic carbocycles. The van der Waals surface area contributed by atoms with Crippen LogP contribution >= 0.6 is 0 Å². The molecule has 0 aromatic heterocycles. The van der Waals surface area contributed by atoms with E-state index in [2.05, 4.69) is 10.6 Å². The molecule has 0 amide bonds. The molecule has 0 spiro atoms. The predicted molar refractivity (Wildman–Crippen MR) is 388 cm³/mol. The van der Waals surface area contributed by atoms with Crippen LogP contribution in [-0.2, 0) is 77.8 Å². The number of hydrogen-bond acceptors (Lipinski definition) is 16. The number of ether oxygens (including phenoxy) is 4. The van der Waals surface area contributed by atoms with E-state index in [1.165, 1.54) is 24.3 Å². The van der Waals surface area contributed by atoms with Gasteiger partial charge in [0.15, 0.2) is 0 Å². The standard InChI is InChI=1S/C82H94N2O14S2/c1-12-59(2)95-74(85)62(57-72(76(87)97-79(6,7)8)83-81(64-35-19-13-20-36-64,65-37-21-14-22-38-65)66-39-23-15-24-40-66)33-31-55-93-99(89,90)70-51-47-60(48-52-70)61-49-53-71(54-50-61)100(91,92)94-56-32-34-63(75(86)96-78(3,4)5)58-73(77(88)98-80(9,10)11)84-82(67-41-25-16-26-42-67,68-43-27-17-28-44-68)69-45-29-18-30-46-69/h12-30,35-54,62-63,72-73,83-84H,31-34,55-58H2,1-11H3/b59-12+/t62-,63-,72-,73-/m0/s1. The van der Waals surface area contributed by atoms with E-state index >= 15 is 0 Å². The van der Waals surface area contributed by atoms with E-state index in [0.717, 1.165) is 33.4 Å². The number of carbonyl (C=O) groups excluding carboxylic acids is 4. The first-order valence-corrected chi connectivity index (χ1v) is 36.7. The molecule has 528 valence electrons. The lowest BCUT2D eigenvalue weighted by atomic mass is 9.76. The van der Waals surface area contributed by atoms with E-state index < -0.39 is 95.9 Å². The molecule has 0 unspecified atom stereocenters. The molecule has 0 aliphatic rings. The summed E-state index contributed by atoms with van der Waals surface area (Å²) < 4.78 is 90.3. The molecule has 0 saturated heterocycles. The minimum absolute atomic E-state index is 0.0729. The van der Waals surface area contributed by atoms with Crippen molar-refractivity contribution in [2.24, 2.45) is 11.8 Å². The van der Waals surface area contributed by atoms with Gasteiger partial charge in [-0.05, 0) is 190 Å². The first kappa shape index (κ1) is 76.9. The Balaban J connectivity index is 0.941. The average molecular weight is 1400 g/mol. The second-order valence-corrected chi connectivity index (χ2v) is 31.0. The summed E-state index contributed by atoms with van der Waals surface area (Å²) in [5, 5.41) is 7.45. The average Bonchev–Trinajstić information content (AvgIpc) is 0.755. The van der Waals surface area contributed by atoms with Gasteiger partial charge < -0.3 is 18.9 Å². The maximum absolute atomic E-state index is 14.6. The topological polar surface area (TPSA) is 216 Å². The van der Waals surface area contributed by atoms with E-state index in [0.29, 0.717) is 16.9 Å². The van der Waals surface area contributed by atoms with Crippen LogP contribution in [0.1, 0.15) is 148 Å². The lowest BCUT2D eigenvalue weighted by Crippen LogP contribution is -2.54. The van der Waals surface area contributed by atoms with Gasteiger partial charge in [0.1, 0.15) is 34.6 Å². The van der Waals surface area contributed by atoms with Crippen LogP contribution in [0.5, 0.6) is 0 Å². The summed E-state index contributed by atoms with van der Waals surface area (Å²) in [6.45, 7) is 18.7. The molecule has 0 aliphatic carbocycles. The zero-order valence-electron chi connectivity index (χ0n) is 59.0. The number of rotatable bonds is 32. The Morgan fingerprint density at radius 1 is 0.380 bits per heavy atom. The van der Waals surface area contributed by atoms with Gasteiger partial charge >= 0.3 is 23.9 Å². The Kier molecular flexibility index (Phi) is 26.1. The molecule has 0 radical (unpaired) electrons. The normalized spacial score (nSPS) is 13.8. The maximum atomic E-state index is 14.6. The fourth-order valence-corrected chi connectivity index (χ4v) is 13.9. The predicted octanol–water partition coefficient (Wildman–Crippen LogP) is 15.7. The fourth-order valence-electron chi connectivity index (χ4n) is 12.0. The van der Waals surface area contributed by atoms with Gasteiger partial charge in [0.25, 0.3) is 20.2 Å². The number of allylic oxidation sites excluding steroid dienone is 2. The molecule has 2 N–H and O–H groups in total. The molecule has 0 fully saturated rings. The maximum Gasteiger partial charge on any atom is 0.323 e. The van der Waals surface area contributed by atoms with Crippen molar-refractivity contribution < 1.29 is 63.3 Å². The number of nitrogens with one attached hydrogen (secondary N) is 2. The largest absolute Gasteiger partial charge is 0.460 e. The lowest BCUT2D eigenvalue weighted by molar-refractivity contribution is -0.164. The molecule has 8 rings (SSSR count). The van der Waals surface area contributed by atoms with E-state index in [1.54, 1.807) is 107 Å². The van der Waals surface area contributed by atoms with Crippen LogP contribution in [0.3, 0.4) is 0 Å². The number of esters is 4. The summed E-state index contributed by atoms with van der Waals surface area (Å²) in [6, 6.07) is 68.0. The molecule has 16 nitrogen and oxygen atoms in total. The van der Waals surface area contributed by atoms with Gasteiger partial charge in [0, 0.05) is 0 Å². The molecule has 18 heteroatoms. The van der Waals surface area contributed by atoms with E-state index in [9.17, 15) is 36.0 Å². The van der Waals surface area contributed by atoms with Crippen LogP contribution in [0.4, 0.5) is 0 Å². The van der Waals surface area contributed by atoms with Crippen LogP contribution in [0.15, 0.2) is 252 Å². The number of benzene rings is 8. The monoisotopic (exact) mass is 1390 g/mol. The van der Waals surface area contributed by atoms with Crippen LogP contribution in [0.25, 0.3) is 11.1 Å². The summed E-state index contributed by atoms with van der Waals surface area (Å²) >= 11 is 0. The van der Waals surface area contributed by atoms with E-state index in [4.69, 9.17) is 27.3 Å². The Morgan fingerprint density at radius 2 is 0.640 bits per heavy atom. The second kappa shape index (κ2) is 34.0. The third-order valence-corrected chi connectivity index (χ3v) is 19.3. The van der Waals surface area contributed by atoms with E-state index in [1.807, 2.05) is 182 Å². The van der Waals surface area contributed by atoms with Crippen LogP contribution in [0.2, 0.25) is 0 Å². The SMILES string of the molecule is C/C=C(\C)OC(=O)[C@@H](CCCOS(=O)(=O)c1ccc(-c2ccc(S(=O)(=O)OCCC[C@@H](C[C@H](NC(c3ccccc3)(c3ccccc3)c3ccccc3)C(=O)OC(C)(C)C)C(=O)OC(C)(C)C)cc2)cc1)C[C@H](NC(c1ccccc1)(c1ccccc1)c1ccccc1)C(=O)OC(C)(C)C. The van der Waals surface area contributed by atoms with Crippen molar-refractivity contribution in [2.45, 2.75) is 164 Å². The smallest absolute Gasteiger partial charge is 0.323 e. The highest BCUT2D eigenvalue weighted by molar-refractivity contribution is 7.87. The van der Waals surface area contributed by atoms with Gasteiger partial charge in [0.05, 0.1) is 45.9 Å². The van der Waals surface area contributed by atoms with Crippen molar-refractivity contribution in [3.8, 4) is 11.1 Å². The summed E-state index contributed by atoms with van der Waals surface area (Å²) in [5.74, 6) is -3.90. The highest BCUT2D eigenvalue weighted by atomic mass is 32.2. The Labute approximate surface area is 591 Å². The van der Waals surface area contributed by atoms with Crippen molar-refractivity contribution in [3.05, 3.63) is 276 Å². The molecule has 8 aromatic rings. The van der Waals surface area contributed by atoms with Crippen molar-refractivity contribution in [3.63, 3.8) is 0 Å². The van der Waals surface area contributed by atoms with Gasteiger partial charge in [0.2, 0.25) is 0 Å². The molecular formula is C82H94N2O14S2. The quantitative estimate of drug-likeness (QED) is 0.0100. The van der Waals surface area contributed by atoms with Gasteiger partial charge in [-0.2, -0.15) is 16.8 Å². The molecule has 4 atom stereocenters. The third-order valence-electron chi connectivity index (χ3n) is 16.7. The molecular weight excluding hydrogens is 1300 g/mol. The second-order valence-electron chi connectivity index (χ2n) is 27.8. The Bertz CT molecular complexity index is 4020. The zero-order chi connectivity index (χ0) is 72.4. The highest BCUT2D eigenvalue weighted by Gasteiger charge is 2.45. The first-order chi connectivity index (χ1) is 47.4. The molecule has 100 heavy (non-hydrogen) atoms. The minimum Gasteiger partial charge on any atom is -0.460 e. The third kappa shape index (κ3) is 20.9. The fraction of sp³-hybridized carbons (Fsp3) is 0.341. The van der Waals surface area contributed by atoms with Crippen molar-refractivity contribution in [1.29, 1.82) is 0 Å². The van der Waals surface area contributed by atoms with Gasteiger partial charge in [-0.1, -0.05) is 206 Å². The van der Waals surface area contributed by atoms with Crippen LogP contribution in [0, 0.1) is 11.8 Å². The summed E-state index contributed by atoms with van der Waals surface area (Å²) in [4.78, 5) is 57.5. The summed E-state index contributed by atoms with van der Waals surface area (Å²) in [5.41, 5.74) is 1.21. The van der Waals surface area contributed by atoms with Crippen molar-refractivity contribution in [2.75, 3.05) is 13.2 Å². The highest BCUT2D eigenvalue weighted by Crippen LogP contribution is 2.41. The Hall–Kier alpha value is -8.88. The molecule has 0 aliphatic heterocycles. The molecule has 0 bridgehead atoms. The molecule has 0 saturated carbocycles. The van der Waals surface area contributed by atoms with Gasteiger partial charge in [-0.15, -0.1) is 0 Å².